The largest absolute Gasteiger partial charge is 0.338 e. The van der Waals surface area contributed by atoms with Crippen molar-refractivity contribution in [2.75, 3.05) is 6.54 Å². The zero-order chi connectivity index (χ0) is 17.8. The maximum atomic E-state index is 11.9. The quantitative estimate of drug-likeness (QED) is 0.663. The molecule has 0 aliphatic rings. The van der Waals surface area contributed by atoms with E-state index in [1.54, 1.807) is 12.3 Å². The third kappa shape index (κ3) is 4.51. The lowest BCUT2D eigenvalue weighted by Gasteiger charge is -2.07. The molecular formula is C17H21ClN6O. The predicted molar refractivity (Wildman–Crippen MR) is 96.8 cm³/mol. The third-order valence-electron chi connectivity index (χ3n) is 3.83. The Hall–Kier alpha value is -2.54. The zero-order valence-electron chi connectivity index (χ0n) is 14.3. The molecule has 0 radical (unpaired) electrons. The Morgan fingerprint density at radius 3 is 2.84 bits per heavy atom. The van der Waals surface area contributed by atoms with Gasteiger partial charge >= 0.3 is 6.03 Å². The Kier molecular flexibility index (Phi) is 5.23. The minimum absolute atomic E-state index is 0.205. The number of urea groups is 1. The molecule has 3 aromatic heterocycles. The predicted octanol–water partition coefficient (Wildman–Crippen LogP) is 2.69. The van der Waals surface area contributed by atoms with Gasteiger partial charge in [-0.15, -0.1) is 0 Å². The molecule has 3 aromatic rings. The lowest BCUT2D eigenvalue weighted by molar-refractivity contribution is 0.240. The highest BCUT2D eigenvalue weighted by atomic mass is 35.5. The van der Waals surface area contributed by atoms with Crippen LogP contribution in [0.2, 0.25) is 5.02 Å². The summed E-state index contributed by atoms with van der Waals surface area (Å²) in [7, 11) is 0. The van der Waals surface area contributed by atoms with E-state index in [0.717, 1.165) is 35.7 Å². The second-order valence-electron chi connectivity index (χ2n) is 5.96. The number of halogens is 1. The van der Waals surface area contributed by atoms with E-state index >= 15 is 0 Å². The highest BCUT2D eigenvalue weighted by Gasteiger charge is 2.05. The highest BCUT2D eigenvalue weighted by Crippen LogP contribution is 2.11. The smallest absolute Gasteiger partial charge is 0.315 e. The van der Waals surface area contributed by atoms with Crippen molar-refractivity contribution in [2.24, 2.45) is 0 Å². The van der Waals surface area contributed by atoms with Crippen molar-refractivity contribution in [3.63, 3.8) is 0 Å². The van der Waals surface area contributed by atoms with Crippen LogP contribution in [0.15, 0.2) is 30.6 Å². The van der Waals surface area contributed by atoms with E-state index in [9.17, 15) is 4.79 Å². The van der Waals surface area contributed by atoms with Crippen LogP contribution < -0.4 is 10.6 Å². The number of hydrogen-bond donors (Lipinski definition) is 2. The third-order valence-corrected chi connectivity index (χ3v) is 4.05. The summed E-state index contributed by atoms with van der Waals surface area (Å²) in [5.74, 6) is 0. The first-order chi connectivity index (χ1) is 12.0. The molecular weight excluding hydrogens is 340 g/mol. The van der Waals surface area contributed by atoms with Crippen molar-refractivity contribution < 1.29 is 4.79 Å². The lowest BCUT2D eigenvalue weighted by atomic mass is 10.4. The van der Waals surface area contributed by atoms with E-state index < -0.39 is 0 Å². The number of nitrogens with zero attached hydrogens (tertiary/aromatic N) is 4. The molecule has 3 rings (SSSR count). The number of nitrogens with one attached hydrogen (secondary N) is 2. The fraction of sp³-hybridized carbons (Fsp3) is 0.353. The van der Waals surface area contributed by atoms with Crippen molar-refractivity contribution in [3.8, 4) is 0 Å². The Labute approximate surface area is 151 Å². The van der Waals surface area contributed by atoms with E-state index in [1.807, 2.05) is 41.3 Å². The Morgan fingerprint density at radius 2 is 2.08 bits per heavy atom. The van der Waals surface area contributed by atoms with E-state index in [-0.39, 0.29) is 6.03 Å². The van der Waals surface area contributed by atoms with Gasteiger partial charge in [0.05, 0.1) is 23.0 Å². The fourth-order valence-electron chi connectivity index (χ4n) is 2.67. The minimum atomic E-state index is -0.205. The van der Waals surface area contributed by atoms with Gasteiger partial charge in [0.2, 0.25) is 0 Å². The molecule has 8 heteroatoms. The van der Waals surface area contributed by atoms with Gasteiger partial charge in [-0.1, -0.05) is 11.6 Å². The number of carbonyl (C=O) groups excluding carboxylic acids is 1. The Balaban J connectivity index is 1.40. The number of aromatic nitrogens is 4. The molecule has 3 heterocycles. The van der Waals surface area contributed by atoms with E-state index in [2.05, 4.69) is 20.7 Å². The molecule has 0 bridgehead atoms. The second-order valence-corrected chi connectivity index (χ2v) is 6.39. The van der Waals surface area contributed by atoms with Crippen molar-refractivity contribution in [1.29, 1.82) is 0 Å². The number of pyridine rings is 1. The van der Waals surface area contributed by atoms with Gasteiger partial charge in [-0.25, -0.2) is 9.78 Å². The first kappa shape index (κ1) is 17.3. The number of amides is 2. The Morgan fingerprint density at radius 1 is 1.24 bits per heavy atom. The van der Waals surface area contributed by atoms with E-state index in [4.69, 9.17) is 11.6 Å². The molecule has 0 fully saturated rings. The fourth-order valence-corrected chi connectivity index (χ4v) is 2.84. The number of hydrogen-bond acceptors (Lipinski definition) is 3. The highest BCUT2D eigenvalue weighted by molar-refractivity contribution is 6.30. The van der Waals surface area contributed by atoms with Gasteiger partial charge in [0, 0.05) is 31.2 Å². The number of rotatable bonds is 6. The number of imidazole rings is 1. The lowest BCUT2D eigenvalue weighted by Crippen LogP contribution is -2.36. The minimum Gasteiger partial charge on any atom is -0.338 e. The molecule has 2 N–H and O–H groups in total. The monoisotopic (exact) mass is 360 g/mol. The molecule has 132 valence electrons. The standard InChI is InChI=1S/C17H21ClN6O/c1-12-8-13(2)24(22-12)7-3-6-19-17(25)20-9-15-11-23-10-14(18)4-5-16(23)21-15/h4-5,8,10-11H,3,6-7,9H2,1-2H3,(H2,19,20,25). The molecule has 0 unspecified atom stereocenters. The summed E-state index contributed by atoms with van der Waals surface area (Å²) in [6.07, 6.45) is 4.46. The molecule has 7 nitrogen and oxygen atoms in total. The van der Waals surface area contributed by atoms with Crippen LogP contribution in [0, 0.1) is 13.8 Å². The maximum absolute atomic E-state index is 11.9. The average Bonchev–Trinajstić information content (AvgIpc) is 3.11. The van der Waals surface area contributed by atoms with Crippen molar-refractivity contribution in [1.82, 2.24) is 29.8 Å². The topological polar surface area (TPSA) is 76.2 Å². The molecule has 0 saturated heterocycles. The van der Waals surface area contributed by atoms with Crippen molar-refractivity contribution in [2.45, 2.75) is 33.4 Å². The second kappa shape index (κ2) is 7.57. The van der Waals surface area contributed by atoms with Gasteiger partial charge in [-0.2, -0.15) is 5.10 Å². The first-order valence-corrected chi connectivity index (χ1v) is 8.55. The molecule has 0 aliphatic heterocycles. The average molecular weight is 361 g/mol. The summed E-state index contributed by atoms with van der Waals surface area (Å²) in [6.45, 7) is 5.74. The molecule has 0 aromatic carbocycles. The summed E-state index contributed by atoms with van der Waals surface area (Å²) < 4.78 is 3.79. The van der Waals surface area contributed by atoms with Gasteiger partial charge in [-0.3, -0.25) is 4.68 Å². The molecule has 0 saturated carbocycles. The maximum Gasteiger partial charge on any atom is 0.315 e. The summed E-state index contributed by atoms with van der Waals surface area (Å²) in [5.41, 5.74) is 3.72. The van der Waals surface area contributed by atoms with Crippen LogP contribution >= 0.6 is 11.6 Å². The van der Waals surface area contributed by atoms with Crippen LogP contribution in [0.3, 0.4) is 0 Å². The van der Waals surface area contributed by atoms with Crippen LogP contribution in [-0.4, -0.2) is 31.7 Å². The summed E-state index contributed by atoms with van der Waals surface area (Å²) in [4.78, 5) is 16.3. The van der Waals surface area contributed by atoms with Crippen LogP contribution in [0.5, 0.6) is 0 Å². The van der Waals surface area contributed by atoms with Crippen LogP contribution in [0.4, 0.5) is 4.79 Å². The van der Waals surface area contributed by atoms with Gasteiger partial charge in [0.15, 0.2) is 0 Å². The molecule has 0 spiro atoms. The van der Waals surface area contributed by atoms with Gasteiger partial charge < -0.3 is 15.0 Å². The first-order valence-electron chi connectivity index (χ1n) is 8.17. The summed E-state index contributed by atoms with van der Waals surface area (Å²) >= 11 is 5.95. The van der Waals surface area contributed by atoms with Gasteiger partial charge in [-0.05, 0) is 38.5 Å². The SMILES string of the molecule is Cc1cc(C)n(CCCNC(=O)NCc2cn3cc(Cl)ccc3n2)n1. The van der Waals surface area contributed by atoms with E-state index in [1.165, 1.54) is 0 Å². The van der Waals surface area contributed by atoms with Crippen molar-refractivity contribution in [3.05, 3.63) is 52.7 Å². The molecule has 25 heavy (non-hydrogen) atoms. The van der Waals surface area contributed by atoms with E-state index in [0.29, 0.717) is 18.1 Å². The molecule has 0 aliphatic carbocycles. The van der Waals surface area contributed by atoms with Crippen LogP contribution in [0.25, 0.3) is 5.65 Å². The normalized spacial score (nSPS) is 11.0. The number of carbonyl (C=O) groups is 1. The summed E-state index contributed by atoms with van der Waals surface area (Å²) in [6, 6.07) is 5.47. The summed E-state index contributed by atoms with van der Waals surface area (Å²) in [5, 5.41) is 10.7. The zero-order valence-corrected chi connectivity index (χ0v) is 15.0. The van der Waals surface area contributed by atoms with Crippen molar-refractivity contribution >= 4 is 23.3 Å². The van der Waals surface area contributed by atoms with Gasteiger partial charge in [0.1, 0.15) is 5.65 Å². The Bertz CT molecular complexity index is 885. The molecule has 0 atom stereocenters. The number of aryl methyl sites for hydroxylation is 3. The van der Waals surface area contributed by atoms with Gasteiger partial charge in [0.25, 0.3) is 0 Å². The van der Waals surface area contributed by atoms with Crippen LogP contribution in [0.1, 0.15) is 23.5 Å². The van der Waals surface area contributed by atoms with Crippen LogP contribution in [-0.2, 0) is 13.1 Å². The molecule has 2 amide bonds. The number of fused-ring (bicyclic) bond motifs is 1.